The van der Waals surface area contributed by atoms with E-state index >= 15 is 0 Å². The van der Waals surface area contributed by atoms with E-state index in [1.54, 1.807) is 0 Å². The first-order chi connectivity index (χ1) is 15.8. The van der Waals surface area contributed by atoms with Crippen LogP contribution in [0.4, 0.5) is 5.82 Å². The van der Waals surface area contributed by atoms with Gasteiger partial charge in [-0.15, -0.1) is 0 Å². The first-order valence-corrected chi connectivity index (χ1v) is 11.6. The summed E-state index contributed by atoms with van der Waals surface area (Å²) in [7, 11) is -3.66. The van der Waals surface area contributed by atoms with Crippen molar-refractivity contribution < 1.29 is 53.2 Å². The fourth-order valence-electron chi connectivity index (χ4n) is 3.90. The number of carboxylic acids is 1. The normalized spacial score (nSPS) is 37.9. The number of nitrogens with one attached hydrogen (secondary N) is 1. The number of anilines is 1. The molecular formula is C17H27N4O12P. The Bertz CT molecular complexity index is 995. The lowest BCUT2D eigenvalue weighted by molar-refractivity contribution is -0.266. The van der Waals surface area contributed by atoms with Crippen LogP contribution in [-0.2, 0) is 27.9 Å². The summed E-state index contributed by atoms with van der Waals surface area (Å²) in [6.07, 6.45) is -7.87. The Morgan fingerprint density at radius 3 is 2.65 bits per heavy atom. The molecule has 3 heterocycles. The molecule has 0 amide bonds. The molecule has 8 N–H and O–H groups in total. The van der Waals surface area contributed by atoms with Gasteiger partial charge in [0.1, 0.15) is 24.1 Å². The van der Waals surface area contributed by atoms with Crippen molar-refractivity contribution in [2.75, 3.05) is 19.4 Å². The second-order valence-corrected chi connectivity index (χ2v) is 9.29. The molecule has 16 nitrogen and oxygen atoms in total. The predicted octanol–water partition coefficient (Wildman–Crippen LogP) is -2.88. The summed E-state index contributed by atoms with van der Waals surface area (Å²) in [6, 6.07) is 0.592. The van der Waals surface area contributed by atoms with E-state index in [9.17, 15) is 39.5 Å². The summed E-state index contributed by atoms with van der Waals surface area (Å²) in [6.45, 7) is 0.596. The second-order valence-electron chi connectivity index (χ2n) is 7.91. The van der Waals surface area contributed by atoms with Gasteiger partial charge in [-0.1, -0.05) is 0 Å². The van der Waals surface area contributed by atoms with E-state index in [0.717, 1.165) is 4.57 Å². The Morgan fingerprint density at radius 1 is 1.41 bits per heavy atom. The molecule has 0 spiro atoms. The highest BCUT2D eigenvalue weighted by molar-refractivity contribution is 7.47. The fourth-order valence-corrected chi connectivity index (χ4v) is 4.85. The number of aliphatic hydroxyl groups is 3. The Kier molecular flexibility index (Phi) is 7.79. The van der Waals surface area contributed by atoms with Crippen molar-refractivity contribution in [3.05, 3.63) is 22.7 Å². The van der Waals surface area contributed by atoms with Gasteiger partial charge in [0, 0.05) is 12.6 Å². The number of nitrogens with zero attached hydrogens (tertiary/aromatic N) is 2. The zero-order valence-corrected chi connectivity index (χ0v) is 19.0. The third-order valence-electron chi connectivity index (χ3n) is 5.56. The third-order valence-corrected chi connectivity index (χ3v) is 6.56. The van der Waals surface area contributed by atoms with Crippen molar-refractivity contribution in [2.24, 2.45) is 0 Å². The molecule has 0 bridgehead atoms. The predicted molar refractivity (Wildman–Crippen MR) is 110 cm³/mol. The van der Waals surface area contributed by atoms with Gasteiger partial charge in [0.15, 0.2) is 6.23 Å². The highest BCUT2D eigenvalue weighted by Crippen LogP contribution is 2.51. The van der Waals surface area contributed by atoms with E-state index < -0.39 is 81.1 Å². The Labute approximate surface area is 192 Å². The van der Waals surface area contributed by atoms with Crippen molar-refractivity contribution in [3.8, 4) is 0 Å². The number of nitrogens with two attached hydrogens (primary N) is 1. The van der Waals surface area contributed by atoms with Gasteiger partial charge in [0.25, 0.3) is 5.79 Å². The number of likely N-dealkylation sites (N-methyl/N-ethyl adjacent to an activating group) is 1. The fraction of sp³-hybridized carbons (Fsp3) is 0.706. The highest BCUT2D eigenvalue weighted by Gasteiger charge is 2.55. The summed E-state index contributed by atoms with van der Waals surface area (Å²) >= 11 is 0. The Hall–Kier alpha value is -1.98. The van der Waals surface area contributed by atoms with Gasteiger partial charge in [0.2, 0.25) is 0 Å². The lowest BCUT2D eigenvalue weighted by Gasteiger charge is -2.43. The van der Waals surface area contributed by atoms with Crippen LogP contribution in [0.3, 0.4) is 0 Å². The minimum Gasteiger partial charge on any atom is -0.477 e. The molecule has 0 radical (unpaired) electrons. The van der Waals surface area contributed by atoms with Crippen LogP contribution in [0.15, 0.2) is 17.1 Å². The monoisotopic (exact) mass is 510 g/mol. The topological polar surface area (TPSA) is 245 Å². The zero-order valence-electron chi connectivity index (χ0n) is 18.1. The van der Waals surface area contributed by atoms with Gasteiger partial charge in [-0.25, -0.2) is 18.7 Å². The number of nitrogen functional groups attached to an aromatic ring is 1. The molecule has 3 rings (SSSR count). The number of phosphoric acid groups is 1. The van der Waals surface area contributed by atoms with Crippen molar-refractivity contribution in [2.45, 2.75) is 61.9 Å². The van der Waals surface area contributed by atoms with Crippen LogP contribution in [0.1, 0.15) is 19.6 Å². The maximum absolute atomic E-state index is 12.5. The molecule has 1 aromatic heterocycles. The van der Waals surface area contributed by atoms with Crippen molar-refractivity contribution >= 4 is 19.6 Å². The van der Waals surface area contributed by atoms with Gasteiger partial charge in [-0.3, -0.25) is 9.09 Å². The molecule has 0 saturated carbocycles. The van der Waals surface area contributed by atoms with Gasteiger partial charge >= 0.3 is 19.5 Å². The summed E-state index contributed by atoms with van der Waals surface area (Å²) in [4.78, 5) is 37.4. The standard InChI is InChI=1S/C17H27N4O12P/c1-7-11(19-2)8(22)5-17(32-7,15(25)26)33-34(28,29)30-6-9-12(23)13(24)14(31-9)21-4-3-10(18)20-16(21)27/h3-4,7-9,11-14,19,22-24H,5-6H2,1-2H3,(H,25,26)(H,28,29)(H2,18,20,27)/t7?,8?,9-,11?,12-,13-,14-,17?/m1/s1. The molecule has 5 unspecified atom stereocenters. The van der Waals surface area contributed by atoms with E-state index in [2.05, 4.69) is 10.3 Å². The highest BCUT2D eigenvalue weighted by atomic mass is 31.2. The lowest BCUT2D eigenvalue weighted by atomic mass is 9.94. The summed E-state index contributed by atoms with van der Waals surface area (Å²) in [5.41, 5.74) is 4.54. The SMILES string of the molecule is CNC1C(O)CC(OP(=O)(O)OC[C@H]2O[C@@H](n3ccc(N)nc3=O)[C@H](O)[C@@H]2O)(C(=O)O)OC1C. The maximum atomic E-state index is 12.5. The Morgan fingerprint density at radius 2 is 2.09 bits per heavy atom. The first-order valence-electron chi connectivity index (χ1n) is 10.1. The molecule has 192 valence electrons. The number of aromatic nitrogens is 2. The number of phosphoric ester groups is 1. The molecule has 0 aromatic carbocycles. The van der Waals surface area contributed by atoms with Gasteiger partial charge in [-0.05, 0) is 20.0 Å². The van der Waals surface area contributed by atoms with Crippen molar-refractivity contribution in [1.82, 2.24) is 14.9 Å². The first kappa shape index (κ1) is 26.6. The van der Waals surface area contributed by atoms with Crippen molar-refractivity contribution in [3.63, 3.8) is 0 Å². The molecule has 9 atom stereocenters. The van der Waals surface area contributed by atoms with E-state index in [1.165, 1.54) is 26.2 Å². The van der Waals surface area contributed by atoms with Crippen LogP contribution >= 0.6 is 7.82 Å². The molecule has 34 heavy (non-hydrogen) atoms. The number of hydrogen-bond acceptors (Lipinski definition) is 13. The number of carbonyl (C=O) groups is 1. The van der Waals surface area contributed by atoms with E-state index in [1.807, 2.05) is 0 Å². The number of aliphatic hydroxyl groups excluding tert-OH is 3. The average Bonchev–Trinajstić information content (AvgIpc) is 3.00. The summed E-state index contributed by atoms with van der Waals surface area (Å²) in [5, 5.41) is 43.1. The van der Waals surface area contributed by atoms with Gasteiger partial charge in [0.05, 0.1) is 24.9 Å². The molecule has 2 fully saturated rings. The minimum absolute atomic E-state index is 0.0784. The Balaban J connectivity index is 1.70. The van der Waals surface area contributed by atoms with Gasteiger partial charge < -0.3 is 45.8 Å². The molecule has 2 aliphatic rings. The third kappa shape index (κ3) is 5.31. The number of aliphatic carboxylic acids is 1. The molecule has 2 aliphatic heterocycles. The van der Waals surface area contributed by atoms with Crippen LogP contribution in [-0.4, -0.2) is 96.8 Å². The molecule has 17 heteroatoms. The smallest absolute Gasteiger partial charge is 0.475 e. The second kappa shape index (κ2) is 9.94. The molecule has 2 saturated heterocycles. The van der Waals surface area contributed by atoms with E-state index in [4.69, 9.17) is 24.3 Å². The largest absolute Gasteiger partial charge is 0.477 e. The van der Waals surface area contributed by atoms with Crippen molar-refractivity contribution in [1.29, 1.82) is 0 Å². The average molecular weight is 510 g/mol. The quantitative estimate of drug-likeness (QED) is 0.174. The zero-order chi connectivity index (χ0) is 25.4. The van der Waals surface area contributed by atoms with Crippen LogP contribution in [0.2, 0.25) is 0 Å². The number of carboxylic acid groups (broad SMARTS) is 1. The minimum atomic E-state index is -5.18. The van der Waals surface area contributed by atoms with Crippen LogP contribution in [0, 0.1) is 0 Å². The van der Waals surface area contributed by atoms with Crippen LogP contribution in [0.5, 0.6) is 0 Å². The number of hydrogen-bond donors (Lipinski definition) is 7. The molecule has 0 aliphatic carbocycles. The van der Waals surface area contributed by atoms with E-state index in [-0.39, 0.29) is 5.82 Å². The maximum Gasteiger partial charge on any atom is 0.475 e. The lowest BCUT2D eigenvalue weighted by Crippen LogP contribution is -2.61. The molecular weight excluding hydrogens is 483 g/mol. The number of rotatable bonds is 8. The van der Waals surface area contributed by atoms with Crippen LogP contribution in [0.25, 0.3) is 0 Å². The van der Waals surface area contributed by atoms with E-state index in [0.29, 0.717) is 0 Å². The van der Waals surface area contributed by atoms with Gasteiger partial charge in [-0.2, -0.15) is 4.98 Å². The molecule has 1 aromatic rings. The summed E-state index contributed by atoms with van der Waals surface area (Å²) < 4.78 is 33.7. The number of ether oxygens (including phenoxy) is 2. The van der Waals surface area contributed by atoms with Crippen LogP contribution < -0.4 is 16.7 Å². The summed E-state index contributed by atoms with van der Waals surface area (Å²) in [5.74, 6) is -4.55.